The standard InChI is InChI=1S/C23H27NO4.C2H6/c1-15(2)27-21-7-3-16(4-8-21)9-19-10-17(5-6-18(19)13-24)23-12-20(26)11-22(14-25)28-23;1-2/h3-8,10,15,20,22-23,25-26H,9,11-12,14H2,1-2H3;1-2H3. The summed E-state index contributed by atoms with van der Waals surface area (Å²) >= 11 is 0. The van der Waals surface area contributed by atoms with Gasteiger partial charge in [-0.2, -0.15) is 5.26 Å². The molecular weight excluding hydrogens is 378 g/mol. The predicted molar refractivity (Wildman–Crippen MR) is 117 cm³/mol. The van der Waals surface area contributed by atoms with Crippen LogP contribution in [0.25, 0.3) is 0 Å². The number of aliphatic hydroxyl groups excluding tert-OH is 2. The lowest BCUT2D eigenvalue weighted by atomic mass is 9.92. The Morgan fingerprint density at radius 3 is 2.43 bits per heavy atom. The van der Waals surface area contributed by atoms with E-state index in [0.717, 1.165) is 22.4 Å². The van der Waals surface area contributed by atoms with Crippen molar-refractivity contribution in [3.63, 3.8) is 0 Å². The molecule has 0 spiro atoms. The van der Waals surface area contributed by atoms with Gasteiger partial charge in [-0.25, -0.2) is 0 Å². The van der Waals surface area contributed by atoms with Gasteiger partial charge in [0.05, 0.1) is 42.7 Å². The molecule has 1 aliphatic heterocycles. The van der Waals surface area contributed by atoms with Gasteiger partial charge in [0.25, 0.3) is 0 Å². The lowest BCUT2D eigenvalue weighted by Gasteiger charge is -2.32. The third-order valence-electron chi connectivity index (χ3n) is 4.89. The number of aliphatic hydroxyl groups is 2. The van der Waals surface area contributed by atoms with Crippen LogP contribution in [0.5, 0.6) is 5.75 Å². The molecule has 5 nitrogen and oxygen atoms in total. The van der Waals surface area contributed by atoms with E-state index in [0.29, 0.717) is 24.8 Å². The van der Waals surface area contributed by atoms with E-state index in [-0.39, 0.29) is 24.9 Å². The summed E-state index contributed by atoms with van der Waals surface area (Å²) in [7, 11) is 0. The molecule has 0 aliphatic carbocycles. The molecular formula is C25H33NO4. The van der Waals surface area contributed by atoms with Crippen LogP contribution in [0.15, 0.2) is 42.5 Å². The van der Waals surface area contributed by atoms with Crippen LogP contribution in [0, 0.1) is 11.3 Å². The summed E-state index contributed by atoms with van der Waals surface area (Å²) in [6, 6.07) is 15.8. The molecule has 2 N–H and O–H groups in total. The van der Waals surface area contributed by atoms with Crippen molar-refractivity contribution in [1.82, 2.24) is 0 Å². The largest absolute Gasteiger partial charge is 0.491 e. The fourth-order valence-corrected chi connectivity index (χ4v) is 3.57. The van der Waals surface area contributed by atoms with Crippen LogP contribution in [0.4, 0.5) is 0 Å². The van der Waals surface area contributed by atoms with Gasteiger partial charge in [-0.1, -0.05) is 38.1 Å². The number of nitriles is 1. The van der Waals surface area contributed by atoms with Crippen LogP contribution in [0.3, 0.4) is 0 Å². The molecule has 2 aromatic rings. The molecule has 1 saturated heterocycles. The fraction of sp³-hybridized carbons (Fsp3) is 0.480. The molecule has 0 saturated carbocycles. The van der Waals surface area contributed by atoms with Gasteiger partial charge in [0, 0.05) is 12.8 Å². The summed E-state index contributed by atoms with van der Waals surface area (Å²) in [6.45, 7) is 7.87. The molecule has 3 unspecified atom stereocenters. The summed E-state index contributed by atoms with van der Waals surface area (Å²) in [6.07, 6.45) is 0.543. The SMILES string of the molecule is CC.CC(C)Oc1ccc(Cc2cc(C3CC(O)CC(CO)O3)ccc2C#N)cc1. The van der Waals surface area contributed by atoms with Gasteiger partial charge in [-0.15, -0.1) is 0 Å². The Hall–Kier alpha value is -2.39. The van der Waals surface area contributed by atoms with E-state index in [4.69, 9.17) is 9.47 Å². The normalized spacial score (nSPS) is 20.8. The number of rotatable bonds is 6. The second-order valence-electron chi connectivity index (χ2n) is 7.57. The summed E-state index contributed by atoms with van der Waals surface area (Å²) < 4.78 is 11.6. The Morgan fingerprint density at radius 2 is 1.83 bits per heavy atom. The third kappa shape index (κ3) is 6.56. The molecule has 2 aromatic carbocycles. The molecule has 162 valence electrons. The molecule has 0 amide bonds. The Balaban J connectivity index is 0.00000155. The highest BCUT2D eigenvalue weighted by atomic mass is 16.5. The van der Waals surface area contributed by atoms with E-state index < -0.39 is 6.10 Å². The first-order valence-electron chi connectivity index (χ1n) is 10.7. The average Bonchev–Trinajstić information content (AvgIpc) is 2.75. The van der Waals surface area contributed by atoms with Gasteiger partial charge < -0.3 is 19.7 Å². The minimum absolute atomic E-state index is 0.110. The maximum absolute atomic E-state index is 10.1. The average molecular weight is 412 g/mol. The topological polar surface area (TPSA) is 82.7 Å². The van der Waals surface area contributed by atoms with Gasteiger partial charge in [0.1, 0.15) is 5.75 Å². The molecule has 1 aliphatic rings. The first kappa shape index (κ1) is 23.9. The van der Waals surface area contributed by atoms with Crippen LogP contribution in [0.1, 0.15) is 68.9 Å². The molecule has 0 bridgehead atoms. The van der Waals surface area contributed by atoms with E-state index in [1.54, 1.807) is 6.07 Å². The summed E-state index contributed by atoms with van der Waals surface area (Å²) in [5.74, 6) is 0.827. The second kappa shape index (κ2) is 11.7. The van der Waals surface area contributed by atoms with E-state index in [2.05, 4.69) is 6.07 Å². The van der Waals surface area contributed by atoms with Crippen molar-refractivity contribution in [2.75, 3.05) is 6.61 Å². The maximum atomic E-state index is 10.1. The molecule has 0 radical (unpaired) electrons. The number of ether oxygens (including phenoxy) is 2. The Labute approximate surface area is 179 Å². The maximum Gasteiger partial charge on any atom is 0.119 e. The summed E-state index contributed by atoms with van der Waals surface area (Å²) in [4.78, 5) is 0. The number of hydrogen-bond donors (Lipinski definition) is 2. The van der Waals surface area contributed by atoms with Crippen LogP contribution in [-0.2, 0) is 11.2 Å². The zero-order valence-electron chi connectivity index (χ0n) is 18.3. The van der Waals surface area contributed by atoms with Crippen LogP contribution in [-0.4, -0.2) is 35.1 Å². The molecule has 5 heteroatoms. The minimum Gasteiger partial charge on any atom is -0.491 e. The monoisotopic (exact) mass is 411 g/mol. The highest BCUT2D eigenvalue weighted by Crippen LogP contribution is 2.33. The van der Waals surface area contributed by atoms with Crippen LogP contribution < -0.4 is 4.74 Å². The second-order valence-corrected chi connectivity index (χ2v) is 7.57. The number of nitrogens with zero attached hydrogens (tertiary/aromatic N) is 1. The van der Waals surface area contributed by atoms with Crippen LogP contribution >= 0.6 is 0 Å². The van der Waals surface area contributed by atoms with Gasteiger partial charge in [-0.3, -0.25) is 0 Å². The lowest BCUT2D eigenvalue weighted by Crippen LogP contribution is -2.33. The zero-order valence-corrected chi connectivity index (χ0v) is 18.3. The third-order valence-corrected chi connectivity index (χ3v) is 4.89. The van der Waals surface area contributed by atoms with Crippen LogP contribution in [0.2, 0.25) is 0 Å². The van der Waals surface area contributed by atoms with Gasteiger partial charge >= 0.3 is 0 Å². The van der Waals surface area contributed by atoms with Crippen molar-refractivity contribution >= 4 is 0 Å². The first-order chi connectivity index (χ1) is 14.5. The zero-order chi connectivity index (χ0) is 22.1. The van der Waals surface area contributed by atoms with Crippen molar-refractivity contribution in [2.24, 2.45) is 0 Å². The highest BCUT2D eigenvalue weighted by molar-refractivity contribution is 5.44. The van der Waals surface area contributed by atoms with Crippen molar-refractivity contribution in [3.8, 4) is 11.8 Å². The molecule has 1 fully saturated rings. The molecule has 3 atom stereocenters. The van der Waals surface area contributed by atoms with Crippen molar-refractivity contribution in [1.29, 1.82) is 5.26 Å². The number of benzene rings is 2. The predicted octanol–water partition coefficient (Wildman–Crippen LogP) is 4.54. The Morgan fingerprint density at radius 1 is 1.13 bits per heavy atom. The van der Waals surface area contributed by atoms with Crippen molar-refractivity contribution < 1.29 is 19.7 Å². The van der Waals surface area contributed by atoms with Gasteiger partial charge in [-0.05, 0) is 55.2 Å². The number of hydrogen-bond acceptors (Lipinski definition) is 5. The van der Waals surface area contributed by atoms with E-state index in [1.807, 2.05) is 64.1 Å². The van der Waals surface area contributed by atoms with Crippen molar-refractivity contribution in [3.05, 3.63) is 64.7 Å². The Bertz CT molecular complexity index is 826. The molecule has 3 rings (SSSR count). The minimum atomic E-state index is -0.497. The first-order valence-corrected chi connectivity index (χ1v) is 10.7. The Kier molecular flexibility index (Phi) is 9.32. The quantitative estimate of drug-likeness (QED) is 0.729. The van der Waals surface area contributed by atoms with Gasteiger partial charge in [0.2, 0.25) is 0 Å². The molecule has 1 heterocycles. The van der Waals surface area contributed by atoms with Crippen molar-refractivity contribution in [2.45, 2.75) is 71.4 Å². The fourth-order valence-electron chi connectivity index (χ4n) is 3.57. The molecule has 30 heavy (non-hydrogen) atoms. The molecule has 0 aromatic heterocycles. The van der Waals surface area contributed by atoms with E-state index in [9.17, 15) is 15.5 Å². The summed E-state index contributed by atoms with van der Waals surface area (Å²) in [5, 5.41) is 29.0. The van der Waals surface area contributed by atoms with E-state index >= 15 is 0 Å². The smallest absolute Gasteiger partial charge is 0.119 e. The van der Waals surface area contributed by atoms with E-state index in [1.165, 1.54) is 0 Å². The summed E-state index contributed by atoms with van der Waals surface area (Å²) in [5.41, 5.74) is 3.55. The van der Waals surface area contributed by atoms with Gasteiger partial charge in [0.15, 0.2) is 0 Å². The highest BCUT2D eigenvalue weighted by Gasteiger charge is 2.29. The lowest BCUT2D eigenvalue weighted by molar-refractivity contribution is -0.113.